The van der Waals surface area contributed by atoms with Crippen LogP contribution in [0.25, 0.3) is 5.82 Å². The van der Waals surface area contributed by atoms with E-state index >= 15 is 0 Å². The lowest BCUT2D eigenvalue weighted by Gasteiger charge is -2.05. The van der Waals surface area contributed by atoms with Crippen molar-refractivity contribution in [2.75, 3.05) is 0 Å². The maximum absolute atomic E-state index is 12.9. The average molecular weight is 298 g/mol. The highest BCUT2D eigenvalue weighted by molar-refractivity contribution is 5.89. The summed E-state index contributed by atoms with van der Waals surface area (Å²) in [7, 11) is 1.46. The third kappa shape index (κ3) is 2.35. The van der Waals surface area contributed by atoms with Gasteiger partial charge in [-0.25, -0.2) is 4.79 Å². The zero-order chi connectivity index (χ0) is 15.9. The summed E-state index contributed by atoms with van der Waals surface area (Å²) in [4.78, 5) is 11.0. The summed E-state index contributed by atoms with van der Waals surface area (Å²) in [5.41, 5.74) is -1.74. The van der Waals surface area contributed by atoms with E-state index in [1.807, 2.05) is 6.07 Å². The first-order valence-electron chi connectivity index (χ1n) is 5.63. The zero-order valence-electron chi connectivity index (χ0n) is 10.9. The van der Waals surface area contributed by atoms with Crippen LogP contribution in [0.4, 0.5) is 13.2 Å². The number of nitriles is 1. The van der Waals surface area contributed by atoms with Crippen molar-refractivity contribution in [1.82, 2.24) is 14.3 Å². The Morgan fingerprint density at radius 1 is 1.43 bits per heavy atom. The van der Waals surface area contributed by atoms with Gasteiger partial charge in [0, 0.05) is 19.4 Å². The maximum atomic E-state index is 12.9. The van der Waals surface area contributed by atoms with Gasteiger partial charge in [0.15, 0.2) is 5.82 Å². The molecule has 0 bridgehead atoms. The van der Waals surface area contributed by atoms with E-state index in [1.165, 1.54) is 18.7 Å². The van der Waals surface area contributed by atoms with Crippen molar-refractivity contribution < 1.29 is 23.1 Å². The van der Waals surface area contributed by atoms with Crippen molar-refractivity contribution in [3.05, 3.63) is 34.8 Å². The summed E-state index contributed by atoms with van der Waals surface area (Å²) >= 11 is 0. The molecular formula is C12H9F3N4O2. The topological polar surface area (TPSA) is 83.8 Å². The van der Waals surface area contributed by atoms with Crippen LogP contribution in [0.1, 0.15) is 27.2 Å². The maximum Gasteiger partial charge on any atom is 0.418 e. The molecule has 2 heterocycles. The molecule has 0 saturated heterocycles. The molecule has 0 aliphatic carbocycles. The highest BCUT2D eigenvalue weighted by Gasteiger charge is 2.37. The molecule has 2 rings (SSSR count). The molecule has 0 spiro atoms. The quantitative estimate of drug-likeness (QED) is 0.920. The molecule has 9 heteroatoms. The molecule has 0 aliphatic heterocycles. The third-order valence-electron chi connectivity index (χ3n) is 2.91. The van der Waals surface area contributed by atoms with E-state index in [-0.39, 0.29) is 11.4 Å². The zero-order valence-corrected chi connectivity index (χ0v) is 10.9. The molecular weight excluding hydrogens is 289 g/mol. The number of aromatic nitrogens is 3. The predicted octanol–water partition coefficient (Wildman–Crippen LogP) is 2.11. The number of hydrogen-bond acceptors (Lipinski definition) is 3. The standard InChI is InChI=1S/C12H9F3N4O2/c1-6-7(3-16)10(18(2)17-6)19-4-8(11(20)21)9(5-19)12(13,14)15/h4-5H,1-2H3,(H,20,21). The van der Waals surface area contributed by atoms with Gasteiger partial charge in [-0.2, -0.15) is 23.5 Å². The van der Waals surface area contributed by atoms with Crippen LogP contribution < -0.4 is 0 Å². The van der Waals surface area contributed by atoms with Crippen LogP contribution in [0.5, 0.6) is 0 Å². The van der Waals surface area contributed by atoms with Crippen LogP contribution in [0.2, 0.25) is 0 Å². The number of nitrogens with zero attached hydrogens (tertiary/aromatic N) is 4. The second-order valence-corrected chi connectivity index (χ2v) is 4.32. The fourth-order valence-corrected chi connectivity index (χ4v) is 2.05. The van der Waals surface area contributed by atoms with Crippen molar-refractivity contribution in [1.29, 1.82) is 5.26 Å². The normalized spacial score (nSPS) is 11.4. The lowest BCUT2D eigenvalue weighted by atomic mass is 10.2. The Morgan fingerprint density at radius 2 is 2.05 bits per heavy atom. The minimum absolute atomic E-state index is 0.0769. The van der Waals surface area contributed by atoms with Gasteiger partial charge in [-0.05, 0) is 6.92 Å². The molecule has 1 N–H and O–H groups in total. The molecule has 0 unspecified atom stereocenters. The van der Waals surface area contributed by atoms with Crippen LogP contribution in [-0.4, -0.2) is 25.4 Å². The Hall–Kier alpha value is -2.76. The second kappa shape index (κ2) is 4.66. The van der Waals surface area contributed by atoms with Crippen molar-refractivity contribution >= 4 is 5.97 Å². The Kier molecular flexibility index (Phi) is 3.25. The van der Waals surface area contributed by atoms with Crippen LogP contribution in [0.15, 0.2) is 12.4 Å². The van der Waals surface area contributed by atoms with E-state index in [0.717, 1.165) is 10.8 Å². The number of carbonyl (C=O) groups is 1. The molecule has 0 saturated carbocycles. The molecule has 110 valence electrons. The van der Waals surface area contributed by atoms with Crippen LogP contribution in [0.3, 0.4) is 0 Å². The van der Waals surface area contributed by atoms with Crippen molar-refractivity contribution in [2.24, 2.45) is 7.05 Å². The highest BCUT2D eigenvalue weighted by atomic mass is 19.4. The van der Waals surface area contributed by atoms with E-state index in [4.69, 9.17) is 10.4 Å². The van der Waals surface area contributed by atoms with Gasteiger partial charge in [0.2, 0.25) is 0 Å². The summed E-state index contributed by atoms with van der Waals surface area (Å²) in [6, 6.07) is 1.85. The van der Waals surface area contributed by atoms with Gasteiger partial charge in [0.25, 0.3) is 0 Å². The number of hydrogen-bond donors (Lipinski definition) is 1. The SMILES string of the molecule is Cc1nn(C)c(-n2cc(C(=O)O)c(C(F)(F)F)c2)c1C#N. The Balaban J connectivity index is 2.73. The molecule has 0 atom stereocenters. The van der Waals surface area contributed by atoms with E-state index in [0.29, 0.717) is 11.9 Å². The van der Waals surface area contributed by atoms with Crippen LogP contribution in [-0.2, 0) is 13.2 Å². The molecule has 2 aromatic rings. The Morgan fingerprint density at radius 3 is 2.48 bits per heavy atom. The fraction of sp³-hybridized carbons (Fsp3) is 0.250. The minimum atomic E-state index is -4.81. The molecule has 0 aliphatic rings. The first-order valence-corrected chi connectivity index (χ1v) is 5.63. The largest absolute Gasteiger partial charge is 0.478 e. The summed E-state index contributed by atoms with van der Waals surface area (Å²) < 4.78 is 40.8. The van der Waals surface area contributed by atoms with E-state index in [2.05, 4.69) is 5.10 Å². The third-order valence-corrected chi connectivity index (χ3v) is 2.91. The molecule has 21 heavy (non-hydrogen) atoms. The van der Waals surface area contributed by atoms with Gasteiger partial charge >= 0.3 is 12.1 Å². The summed E-state index contributed by atoms with van der Waals surface area (Å²) in [5, 5.41) is 21.9. The number of alkyl halides is 3. The van der Waals surface area contributed by atoms with Crippen molar-refractivity contribution in [3.63, 3.8) is 0 Å². The lowest BCUT2D eigenvalue weighted by molar-refractivity contribution is -0.138. The van der Waals surface area contributed by atoms with Crippen molar-refractivity contribution in [3.8, 4) is 11.9 Å². The van der Waals surface area contributed by atoms with E-state index in [1.54, 1.807) is 0 Å². The average Bonchev–Trinajstić information content (AvgIpc) is 2.89. The number of rotatable bonds is 2. The number of halogens is 3. The highest BCUT2D eigenvalue weighted by Crippen LogP contribution is 2.34. The Bertz CT molecular complexity index is 765. The number of carboxylic acids is 1. The van der Waals surface area contributed by atoms with Gasteiger partial charge in [-0.3, -0.25) is 4.68 Å². The lowest BCUT2D eigenvalue weighted by Crippen LogP contribution is -2.09. The smallest absolute Gasteiger partial charge is 0.418 e. The minimum Gasteiger partial charge on any atom is -0.478 e. The molecule has 0 aromatic carbocycles. The summed E-state index contributed by atoms with van der Waals surface area (Å²) in [6.45, 7) is 1.54. The number of aryl methyl sites for hydroxylation is 2. The van der Waals surface area contributed by atoms with Gasteiger partial charge in [0.05, 0.1) is 16.8 Å². The Labute approximate surface area is 116 Å². The predicted molar refractivity (Wildman–Crippen MR) is 63.9 cm³/mol. The molecule has 2 aromatic heterocycles. The first kappa shape index (κ1) is 14.6. The molecule has 6 nitrogen and oxygen atoms in total. The van der Waals surface area contributed by atoms with Gasteiger partial charge < -0.3 is 9.67 Å². The first-order chi connectivity index (χ1) is 9.66. The van der Waals surface area contributed by atoms with E-state index < -0.39 is 23.3 Å². The fourth-order valence-electron chi connectivity index (χ4n) is 2.05. The van der Waals surface area contributed by atoms with Crippen LogP contribution in [0, 0.1) is 18.3 Å². The summed E-state index contributed by atoms with van der Waals surface area (Å²) in [6.07, 6.45) is -3.34. The van der Waals surface area contributed by atoms with E-state index in [9.17, 15) is 18.0 Å². The van der Waals surface area contributed by atoms with Gasteiger partial charge in [-0.1, -0.05) is 0 Å². The molecule has 0 amide bonds. The summed E-state index contributed by atoms with van der Waals surface area (Å²) in [5.74, 6) is -1.62. The number of carboxylic acid groups (broad SMARTS) is 1. The second-order valence-electron chi connectivity index (χ2n) is 4.32. The van der Waals surface area contributed by atoms with Crippen molar-refractivity contribution in [2.45, 2.75) is 13.1 Å². The monoisotopic (exact) mass is 298 g/mol. The molecule has 0 fully saturated rings. The number of aromatic carboxylic acids is 1. The van der Waals surface area contributed by atoms with Crippen LogP contribution >= 0.6 is 0 Å². The van der Waals surface area contributed by atoms with Gasteiger partial charge in [0.1, 0.15) is 11.6 Å². The molecule has 0 radical (unpaired) electrons. The van der Waals surface area contributed by atoms with Gasteiger partial charge in [-0.15, -0.1) is 0 Å².